The first-order chi connectivity index (χ1) is 13.2. The van der Waals surface area contributed by atoms with Gasteiger partial charge in [-0.3, -0.25) is 0 Å². The van der Waals surface area contributed by atoms with Crippen molar-refractivity contribution in [2.45, 2.75) is 19.1 Å². The second kappa shape index (κ2) is 9.55. The van der Waals surface area contributed by atoms with Crippen LogP contribution in [-0.4, -0.2) is 24.8 Å². The second-order valence-corrected chi connectivity index (χ2v) is 7.95. The number of thiophene rings is 2. The number of nitrogens with one attached hydrogen (secondary N) is 2. The molecule has 3 N–H and O–H groups in total. The van der Waals surface area contributed by atoms with Crippen LogP contribution in [0, 0.1) is 0 Å². The van der Waals surface area contributed by atoms with E-state index >= 15 is 0 Å². The number of rotatable bonds is 8. The van der Waals surface area contributed by atoms with Gasteiger partial charge in [0.25, 0.3) is 0 Å². The number of hydrogen-bond acceptors (Lipinski definition) is 5. The average molecular weight is 403 g/mol. The highest BCUT2D eigenvalue weighted by molar-refractivity contribution is 7.12. The highest BCUT2D eigenvalue weighted by Crippen LogP contribution is 2.29. The van der Waals surface area contributed by atoms with E-state index in [2.05, 4.69) is 10.6 Å². The molecule has 2 aromatic heterocycles. The molecule has 27 heavy (non-hydrogen) atoms. The van der Waals surface area contributed by atoms with Gasteiger partial charge in [-0.25, -0.2) is 4.79 Å². The fourth-order valence-electron chi connectivity index (χ4n) is 2.57. The number of hydrogen-bond donors (Lipinski definition) is 3. The highest BCUT2D eigenvalue weighted by atomic mass is 32.1. The standard InChI is InChI=1S/C20H22N2O3S2/c1-25-16-4-2-14(3-5-16)8-10-21-20(24)22-12-17-6-7-18(27-17)19(23)15-9-11-26-13-15/h2-7,9,11,13,19,23H,8,10,12H2,1H3,(H2,21,22,24). The van der Waals surface area contributed by atoms with Gasteiger partial charge in [-0.15, -0.1) is 11.3 Å². The highest BCUT2D eigenvalue weighted by Gasteiger charge is 2.13. The lowest BCUT2D eigenvalue weighted by molar-refractivity contribution is 0.224. The van der Waals surface area contributed by atoms with Crippen LogP contribution in [0.25, 0.3) is 0 Å². The normalized spacial score (nSPS) is 11.8. The Labute approximate surface area is 166 Å². The number of amides is 2. The molecule has 5 nitrogen and oxygen atoms in total. The summed E-state index contributed by atoms with van der Waals surface area (Å²) in [6.45, 7) is 1.00. The van der Waals surface area contributed by atoms with E-state index < -0.39 is 6.10 Å². The first-order valence-corrected chi connectivity index (χ1v) is 10.3. The van der Waals surface area contributed by atoms with Gasteiger partial charge < -0.3 is 20.5 Å². The molecule has 3 rings (SSSR count). The molecule has 0 radical (unpaired) electrons. The Morgan fingerprint density at radius 2 is 1.96 bits per heavy atom. The summed E-state index contributed by atoms with van der Waals surface area (Å²) < 4.78 is 5.13. The quantitative estimate of drug-likeness (QED) is 0.534. The Bertz CT molecular complexity index is 845. The lowest BCUT2D eigenvalue weighted by Gasteiger charge is -2.08. The average Bonchev–Trinajstić information content (AvgIpc) is 3.38. The number of carbonyl (C=O) groups excluding carboxylic acids is 1. The number of methoxy groups -OCH3 is 1. The summed E-state index contributed by atoms with van der Waals surface area (Å²) in [5.74, 6) is 0.823. The molecule has 1 unspecified atom stereocenters. The SMILES string of the molecule is COc1ccc(CCNC(=O)NCc2ccc(C(O)c3ccsc3)s2)cc1. The van der Waals surface area contributed by atoms with Crippen molar-refractivity contribution in [3.63, 3.8) is 0 Å². The van der Waals surface area contributed by atoms with Crippen molar-refractivity contribution in [3.8, 4) is 5.75 Å². The molecule has 0 aliphatic rings. The lowest BCUT2D eigenvalue weighted by Crippen LogP contribution is -2.36. The van der Waals surface area contributed by atoms with Crippen LogP contribution in [0.15, 0.2) is 53.2 Å². The number of carbonyl (C=O) groups is 1. The van der Waals surface area contributed by atoms with Gasteiger partial charge in [-0.2, -0.15) is 11.3 Å². The summed E-state index contributed by atoms with van der Waals surface area (Å²) in [6, 6.07) is 13.4. The van der Waals surface area contributed by atoms with Crippen molar-refractivity contribution < 1.29 is 14.6 Å². The Morgan fingerprint density at radius 3 is 2.67 bits per heavy atom. The van der Waals surface area contributed by atoms with Gasteiger partial charge in [0.05, 0.1) is 13.7 Å². The summed E-state index contributed by atoms with van der Waals surface area (Å²) in [7, 11) is 1.64. The summed E-state index contributed by atoms with van der Waals surface area (Å²) in [4.78, 5) is 13.8. The largest absolute Gasteiger partial charge is 0.497 e. The van der Waals surface area contributed by atoms with Gasteiger partial charge in [0.1, 0.15) is 11.9 Å². The summed E-state index contributed by atoms with van der Waals surface area (Å²) in [5, 5.41) is 19.9. The zero-order chi connectivity index (χ0) is 19.1. The molecule has 3 aromatic rings. The van der Waals surface area contributed by atoms with Crippen LogP contribution in [0.1, 0.15) is 27.0 Å². The Hall–Kier alpha value is -2.35. The second-order valence-electron chi connectivity index (χ2n) is 5.97. The Kier molecular flexibility index (Phi) is 6.86. The molecule has 0 aliphatic heterocycles. The maximum absolute atomic E-state index is 11.9. The molecule has 0 aliphatic carbocycles. The van der Waals surface area contributed by atoms with Gasteiger partial charge in [-0.1, -0.05) is 12.1 Å². The van der Waals surface area contributed by atoms with E-state index in [9.17, 15) is 9.90 Å². The van der Waals surface area contributed by atoms with Crippen molar-refractivity contribution >= 4 is 28.7 Å². The van der Waals surface area contributed by atoms with E-state index in [1.165, 1.54) is 11.3 Å². The maximum atomic E-state index is 11.9. The number of urea groups is 1. The molecule has 2 amide bonds. The molecule has 0 spiro atoms. The number of ether oxygens (including phenoxy) is 1. The van der Waals surface area contributed by atoms with Crippen molar-refractivity contribution in [2.75, 3.05) is 13.7 Å². The smallest absolute Gasteiger partial charge is 0.315 e. The van der Waals surface area contributed by atoms with Crippen LogP contribution in [0.2, 0.25) is 0 Å². The molecule has 1 atom stereocenters. The van der Waals surface area contributed by atoms with Gasteiger partial charge in [0.15, 0.2) is 0 Å². The molecule has 0 saturated carbocycles. The van der Waals surface area contributed by atoms with Crippen LogP contribution in [0.3, 0.4) is 0 Å². The molecule has 0 saturated heterocycles. The minimum Gasteiger partial charge on any atom is -0.497 e. The molecule has 0 fully saturated rings. The van der Waals surface area contributed by atoms with Gasteiger partial charge >= 0.3 is 6.03 Å². The molecule has 142 valence electrons. The van der Waals surface area contributed by atoms with E-state index in [1.54, 1.807) is 18.4 Å². The predicted molar refractivity (Wildman–Crippen MR) is 110 cm³/mol. The van der Waals surface area contributed by atoms with E-state index in [0.29, 0.717) is 13.1 Å². The molecular formula is C20H22N2O3S2. The monoisotopic (exact) mass is 402 g/mol. The van der Waals surface area contributed by atoms with Crippen molar-refractivity contribution in [3.05, 3.63) is 74.1 Å². The molecule has 0 bridgehead atoms. The molecule has 2 heterocycles. The molecular weight excluding hydrogens is 380 g/mol. The topological polar surface area (TPSA) is 70.6 Å². The van der Waals surface area contributed by atoms with Crippen LogP contribution in [0.4, 0.5) is 4.79 Å². The van der Waals surface area contributed by atoms with Crippen LogP contribution in [-0.2, 0) is 13.0 Å². The van der Waals surface area contributed by atoms with Crippen molar-refractivity contribution in [1.82, 2.24) is 10.6 Å². The summed E-state index contributed by atoms with van der Waals surface area (Å²) in [5.41, 5.74) is 2.04. The lowest BCUT2D eigenvalue weighted by atomic mass is 10.1. The molecule has 1 aromatic carbocycles. The van der Waals surface area contributed by atoms with Crippen LogP contribution >= 0.6 is 22.7 Å². The van der Waals surface area contributed by atoms with E-state index in [0.717, 1.165) is 33.1 Å². The fraction of sp³-hybridized carbons (Fsp3) is 0.250. The number of benzene rings is 1. The summed E-state index contributed by atoms with van der Waals surface area (Å²) in [6.07, 6.45) is 0.154. The van der Waals surface area contributed by atoms with E-state index in [1.807, 2.05) is 53.2 Å². The van der Waals surface area contributed by atoms with Crippen molar-refractivity contribution in [2.24, 2.45) is 0 Å². The summed E-state index contributed by atoms with van der Waals surface area (Å²) >= 11 is 3.07. The number of aliphatic hydroxyl groups excluding tert-OH is 1. The minimum absolute atomic E-state index is 0.197. The van der Waals surface area contributed by atoms with Gasteiger partial charge in [0, 0.05) is 16.3 Å². The van der Waals surface area contributed by atoms with Gasteiger partial charge in [-0.05, 0) is 58.6 Å². The van der Waals surface area contributed by atoms with Gasteiger partial charge in [0.2, 0.25) is 0 Å². The Morgan fingerprint density at radius 1 is 1.15 bits per heavy atom. The predicted octanol–water partition coefficient (Wildman–Crippen LogP) is 3.94. The zero-order valence-electron chi connectivity index (χ0n) is 15.0. The first-order valence-electron chi connectivity index (χ1n) is 8.59. The fourth-order valence-corrected chi connectivity index (χ4v) is 4.22. The van der Waals surface area contributed by atoms with Crippen molar-refractivity contribution in [1.29, 1.82) is 0 Å². The van der Waals surface area contributed by atoms with Crippen LogP contribution < -0.4 is 15.4 Å². The maximum Gasteiger partial charge on any atom is 0.315 e. The Balaban J connectivity index is 1.40. The third-order valence-electron chi connectivity index (χ3n) is 4.09. The first kappa shape index (κ1) is 19.4. The third kappa shape index (κ3) is 5.56. The van der Waals surface area contributed by atoms with E-state index in [-0.39, 0.29) is 6.03 Å². The number of aliphatic hydroxyl groups is 1. The molecule has 7 heteroatoms. The minimum atomic E-state index is -0.603. The van der Waals surface area contributed by atoms with E-state index in [4.69, 9.17) is 4.74 Å². The third-order valence-corrected chi connectivity index (χ3v) is 5.93. The van der Waals surface area contributed by atoms with Crippen LogP contribution in [0.5, 0.6) is 5.75 Å². The zero-order valence-corrected chi connectivity index (χ0v) is 16.6.